The molecule has 3 atom stereocenters. The van der Waals surface area contributed by atoms with Crippen molar-refractivity contribution in [3.8, 4) is 0 Å². The van der Waals surface area contributed by atoms with Crippen LogP contribution in [-0.2, 0) is 9.53 Å². The van der Waals surface area contributed by atoms with Gasteiger partial charge < -0.3 is 4.74 Å². The maximum atomic E-state index is 11.3. The van der Waals surface area contributed by atoms with Crippen LogP contribution in [-0.4, -0.2) is 20.1 Å². The number of esters is 1. The van der Waals surface area contributed by atoms with Gasteiger partial charge >= 0.3 is 5.97 Å². The van der Waals surface area contributed by atoms with Crippen LogP contribution in [0.5, 0.6) is 0 Å². The van der Waals surface area contributed by atoms with Crippen molar-refractivity contribution >= 4 is 14.0 Å². The third kappa shape index (κ3) is 3.21. The molecule has 1 saturated heterocycles. The van der Waals surface area contributed by atoms with E-state index in [0.29, 0.717) is 18.3 Å². The lowest BCUT2D eigenvalue weighted by Crippen LogP contribution is -2.23. The van der Waals surface area contributed by atoms with Gasteiger partial charge in [0.1, 0.15) is 6.10 Å². The van der Waals surface area contributed by atoms with E-state index in [4.69, 9.17) is 4.74 Å². The predicted molar refractivity (Wildman–Crippen MR) is 72.6 cm³/mol. The molecular weight excluding hydrogens is 228 g/mol. The molecule has 3 unspecified atom stereocenters. The first-order chi connectivity index (χ1) is 7.85. The van der Waals surface area contributed by atoms with E-state index < -0.39 is 8.07 Å². The highest BCUT2D eigenvalue weighted by atomic mass is 28.3. The standard InChI is InChI=1S/C14H24O2Si/c1-10(9-17(2,3)4)7-11-5-6-12-8-13(15)16-14(11)12/h11-12,14H,1,5-9H2,2-4H3. The number of hydrogen-bond acceptors (Lipinski definition) is 2. The van der Waals surface area contributed by atoms with Crippen molar-refractivity contribution in [2.75, 3.05) is 0 Å². The van der Waals surface area contributed by atoms with E-state index in [2.05, 4.69) is 26.2 Å². The number of carbonyl (C=O) groups excluding carboxylic acids is 1. The molecule has 1 heterocycles. The fraction of sp³-hybridized carbons (Fsp3) is 0.786. The second-order valence-electron chi connectivity index (χ2n) is 6.95. The molecular formula is C14H24O2Si. The fourth-order valence-electron chi connectivity index (χ4n) is 3.38. The van der Waals surface area contributed by atoms with E-state index >= 15 is 0 Å². The molecule has 0 aromatic heterocycles. The normalized spacial score (nSPS) is 32.4. The number of ether oxygens (including phenoxy) is 1. The molecule has 0 spiro atoms. The molecule has 3 heteroatoms. The summed E-state index contributed by atoms with van der Waals surface area (Å²) >= 11 is 0. The molecule has 96 valence electrons. The average molecular weight is 252 g/mol. The molecule has 0 N–H and O–H groups in total. The van der Waals surface area contributed by atoms with Crippen LogP contribution in [0.1, 0.15) is 25.7 Å². The summed E-state index contributed by atoms with van der Waals surface area (Å²) in [6, 6.07) is 1.20. The first-order valence-corrected chi connectivity index (χ1v) is 10.4. The zero-order valence-electron chi connectivity index (χ0n) is 11.3. The van der Waals surface area contributed by atoms with E-state index in [1.54, 1.807) is 0 Å². The Morgan fingerprint density at radius 1 is 1.41 bits per heavy atom. The molecule has 2 aliphatic rings. The molecule has 2 nitrogen and oxygen atoms in total. The molecule has 2 fully saturated rings. The summed E-state index contributed by atoms with van der Waals surface area (Å²) in [6.45, 7) is 11.4. The van der Waals surface area contributed by atoms with Crippen molar-refractivity contribution < 1.29 is 9.53 Å². The lowest BCUT2D eigenvalue weighted by Gasteiger charge is -2.22. The number of allylic oxidation sites excluding steroid dienone is 1. The van der Waals surface area contributed by atoms with E-state index in [9.17, 15) is 4.79 Å². The zero-order chi connectivity index (χ0) is 12.6. The predicted octanol–water partition coefficient (Wildman–Crippen LogP) is 3.61. The van der Waals surface area contributed by atoms with Crippen molar-refractivity contribution in [3.63, 3.8) is 0 Å². The quantitative estimate of drug-likeness (QED) is 0.434. The van der Waals surface area contributed by atoms with Crippen molar-refractivity contribution in [1.29, 1.82) is 0 Å². The molecule has 17 heavy (non-hydrogen) atoms. The van der Waals surface area contributed by atoms with Crippen molar-refractivity contribution in [1.82, 2.24) is 0 Å². The van der Waals surface area contributed by atoms with E-state index in [1.165, 1.54) is 24.5 Å². The molecule has 0 aromatic carbocycles. The van der Waals surface area contributed by atoms with Crippen LogP contribution in [0, 0.1) is 11.8 Å². The third-order valence-electron chi connectivity index (χ3n) is 3.87. The lowest BCUT2D eigenvalue weighted by atomic mass is 9.95. The van der Waals surface area contributed by atoms with Gasteiger partial charge in [-0.25, -0.2) is 0 Å². The Bertz CT molecular complexity index is 330. The molecule has 1 aliphatic heterocycles. The first-order valence-electron chi connectivity index (χ1n) is 6.71. The largest absolute Gasteiger partial charge is 0.462 e. The SMILES string of the molecule is C=C(CC1CCC2CC(=O)OC12)C[Si](C)(C)C. The molecule has 0 amide bonds. The van der Waals surface area contributed by atoms with Gasteiger partial charge in [0.25, 0.3) is 0 Å². The van der Waals surface area contributed by atoms with Crippen LogP contribution in [0.3, 0.4) is 0 Å². The van der Waals surface area contributed by atoms with Crippen LogP contribution in [0.25, 0.3) is 0 Å². The van der Waals surface area contributed by atoms with Crippen LogP contribution >= 0.6 is 0 Å². The second kappa shape index (κ2) is 4.60. The smallest absolute Gasteiger partial charge is 0.306 e. The van der Waals surface area contributed by atoms with Gasteiger partial charge in [0, 0.05) is 14.0 Å². The van der Waals surface area contributed by atoms with Gasteiger partial charge in [-0.1, -0.05) is 25.2 Å². The molecule has 2 rings (SSSR count). The highest BCUT2D eigenvalue weighted by Gasteiger charge is 2.44. The first kappa shape index (κ1) is 12.9. The summed E-state index contributed by atoms with van der Waals surface area (Å²) in [5, 5.41) is 0. The minimum atomic E-state index is -1.05. The summed E-state index contributed by atoms with van der Waals surface area (Å²) in [6.07, 6.45) is 4.32. The fourth-order valence-corrected chi connectivity index (χ4v) is 5.02. The Balaban J connectivity index is 1.88. The van der Waals surface area contributed by atoms with Crippen LogP contribution in [0.4, 0.5) is 0 Å². The van der Waals surface area contributed by atoms with Gasteiger partial charge in [-0.15, -0.1) is 6.58 Å². The number of fused-ring (bicyclic) bond motifs is 1. The number of hydrogen-bond donors (Lipinski definition) is 0. The molecule has 1 aliphatic carbocycles. The third-order valence-corrected chi connectivity index (χ3v) is 5.43. The maximum absolute atomic E-state index is 11.3. The Morgan fingerprint density at radius 3 is 2.76 bits per heavy atom. The number of rotatable bonds is 4. The number of carbonyl (C=O) groups is 1. The Hall–Kier alpha value is -0.573. The second-order valence-corrected chi connectivity index (χ2v) is 12.4. The van der Waals surface area contributed by atoms with Crippen molar-refractivity contribution in [3.05, 3.63) is 12.2 Å². The van der Waals surface area contributed by atoms with Crippen LogP contribution < -0.4 is 0 Å². The van der Waals surface area contributed by atoms with Crippen molar-refractivity contribution in [2.45, 2.75) is 57.5 Å². The van der Waals surface area contributed by atoms with Gasteiger partial charge in [-0.05, 0) is 31.2 Å². The van der Waals surface area contributed by atoms with E-state index in [-0.39, 0.29) is 12.1 Å². The summed E-state index contributed by atoms with van der Waals surface area (Å²) in [5.74, 6) is 1.07. The summed E-state index contributed by atoms with van der Waals surface area (Å²) in [4.78, 5) is 11.3. The molecule has 0 radical (unpaired) electrons. The minimum absolute atomic E-state index is 0.0144. The maximum Gasteiger partial charge on any atom is 0.306 e. The molecule has 1 saturated carbocycles. The molecule has 0 bridgehead atoms. The summed E-state index contributed by atoms with van der Waals surface area (Å²) < 4.78 is 5.46. The Kier molecular flexibility index (Phi) is 3.48. The Labute approximate surface area is 105 Å². The Morgan fingerprint density at radius 2 is 2.12 bits per heavy atom. The summed E-state index contributed by atoms with van der Waals surface area (Å²) in [5.41, 5.74) is 1.37. The van der Waals surface area contributed by atoms with Gasteiger partial charge in [0.05, 0.1) is 6.42 Å². The highest BCUT2D eigenvalue weighted by molar-refractivity contribution is 6.76. The van der Waals surface area contributed by atoms with Crippen LogP contribution in [0.2, 0.25) is 25.7 Å². The van der Waals surface area contributed by atoms with E-state index in [1.807, 2.05) is 0 Å². The monoisotopic (exact) mass is 252 g/mol. The van der Waals surface area contributed by atoms with Gasteiger partial charge in [-0.3, -0.25) is 4.79 Å². The van der Waals surface area contributed by atoms with Crippen molar-refractivity contribution in [2.24, 2.45) is 11.8 Å². The molecule has 0 aromatic rings. The zero-order valence-corrected chi connectivity index (χ0v) is 12.3. The van der Waals surface area contributed by atoms with Crippen LogP contribution in [0.15, 0.2) is 12.2 Å². The average Bonchev–Trinajstić information content (AvgIpc) is 2.63. The summed E-state index contributed by atoms with van der Waals surface area (Å²) in [7, 11) is -1.05. The van der Waals surface area contributed by atoms with E-state index in [0.717, 1.165) is 6.42 Å². The van der Waals surface area contributed by atoms with Gasteiger partial charge in [-0.2, -0.15) is 0 Å². The van der Waals surface area contributed by atoms with Gasteiger partial charge in [0.2, 0.25) is 0 Å². The minimum Gasteiger partial charge on any atom is -0.462 e. The van der Waals surface area contributed by atoms with Gasteiger partial charge in [0.15, 0.2) is 0 Å². The lowest BCUT2D eigenvalue weighted by molar-refractivity contribution is -0.143. The topological polar surface area (TPSA) is 26.3 Å². The highest BCUT2D eigenvalue weighted by Crippen LogP contribution is 2.43.